The molecule has 0 saturated carbocycles. The summed E-state index contributed by atoms with van der Waals surface area (Å²) in [4.78, 5) is 29.1. The van der Waals surface area contributed by atoms with E-state index in [1.54, 1.807) is 17.5 Å². The number of aliphatic hydroxyl groups is 1. The lowest BCUT2D eigenvalue weighted by molar-refractivity contribution is -0.131. The number of thiazole rings is 1. The van der Waals surface area contributed by atoms with Gasteiger partial charge in [0.05, 0.1) is 23.7 Å². The molecule has 8 nitrogen and oxygen atoms in total. The van der Waals surface area contributed by atoms with Crippen LogP contribution in [0.3, 0.4) is 0 Å². The largest absolute Gasteiger partial charge is 0.394 e. The van der Waals surface area contributed by atoms with Crippen molar-refractivity contribution in [2.45, 2.75) is 19.8 Å². The summed E-state index contributed by atoms with van der Waals surface area (Å²) in [7, 11) is 0. The fraction of sp³-hybridized carbons (Fsp3) is 0.364. The predicted octanol–water partition coefficient (Wildman–Crippen LogP) is 3.84. The molecule has 1 fully saturated rings. The number of pyridine rings is 2. The number of anilines is 3. The van der Waals surface area contributed by atoms with Gasteiger partial charge in [-0.25, -0.2) is 15.0 Å². The van der Waals surface area contributed by atoms with Crippen LogP contribution in [0.4, 0.5) is 16.8 Å². The summed E-state index contributed by atoms with van der Waals surface area (Å²) in [6.07, 6.45) is 5.04. The van der Waals surface area contributed by atoms with Crippen LogP contribution in [0.1, 0.15) is 18.4 Å². The highest BCUT2D eigenvalue weighted by atomic mass is 35.5. The van der Waals surface area contributed by atoms with E-state index in [0.29, 0.717) is 12.8 Å². The number of aromatic nitrogens is 3. The fourth-order valence-corrected chi connectivity index (χ4v) is 4.77. The number of amides is 1. The van der Waals surface area contributed by atoms with Crippen molar-refractivity contribution < 1.29 is 9.90 Å². The molecule has 3 aromatic heterocycles. The molecule has 4 rings (SSSR count). The van der Waals surface area contributed by atoms with Crippen LogP contribution < -0.4 is 10.2 Å². The number of carbonyl (C=O) groups is 1. The average molecular weight is 473 g/mol. The van der Waals surface area contributed by atoms with Crippen molar-refractivity contribution in [3.05, 3.63) is 48.3 Å². The van der Waals surface area contributed by atoms with Gasteiger partial charge < -0.3 is 15.3 Å². The van der Waals surface area contributed by atoms with Crippen LogP contribution in [0.15, 0.2) is 42.7 Å². The van der Waals surface area contributed by atoms with Crippen LogP contribution in [-0.2, 0) is 4.79 Å². The first kappa shape index (κ1) is 22.4. The maximum absolute atomic E-state index is 12.3. The quantitative estimate of drug-likeness (QED) is 0.504. The maximum atomic E-state index is 12.3. The lowest BCUT2D eigenvalue weighted by Crippen LogP contribution is -2.40. The summed E-state index contributed by atoms with van der Waals surface area (Å²) in [5.74, 6) is 1.25. The Morgan fingerprint density at radius 3 is 2.84 bits per heavy atom. The highest BCUT2D eigenvalue weighted by Crippen LogP contribution is 2.33. The Bertz CT molecular complexity index is 1070. The van der Waals surface area contributed by atoms with Gasteiger partial charge in [0.1, 0.15) is 11.6 Å². The molecule has 0 spiro atoms. The zero-order valence-corrected chi connectivity index (χ0v) is 19.3. The number of carbonyl (C=O) groups excluding carboxylic acids is 1. The Morgan fingerprint density at radius 2 is 2.09 bits per heavy atom. The third kappa shape index (κ3) is 5.35. The van der Waals surface area contributed by atoms with Crippen LogP contribution in [0.5, 0.6) is 0 Å². The van der Waals surface area contributed by atoms with Gasteiger partial charge in [0.15, 0.2) is 5.13 Å². The molecule has 2 N–H and O–H groups in total. The summed E-state index contributed by atoms with van der Waals surface area (Å²) in [5, 5.41) is 13.1. The van der Waals surface area contributed by atoms with E-state index >= 15 is 0 Å². The van der Waals surface area contributed by atoms with E-state index in [1.807, 2.05) is 43.5 Å². The molecule has 3 aromatic rings. The van der Waals surface area contributed by atoms with Gasteiger partial charge in [0.2, 0.25) is 5.91 Å². The van der Waals surface area contributed by atoms with Crippen molar-refractivity contribution in [3.8, 4) is 10.6 Å². The summed E-state index contributed by atoms with van der Waals surface area (Å²) >= 11 is 7.53. The monoisotopic (exact) mass is 472 g/mol. The molecule has 0 unspecified atom stereocenters. The molecule has 0 radical (unpaired) electrons. The standard InChI is InChI=1S/C22H25ClN6O2S/c1-15-5-8-24-20(13-15)27-19-4-2-3-17(26-19)18-14-25-22(32-18)28-9-6-16(7-10-28)21(31)29(23)11-12-30/h2-5,8,13-14,16,30H,6-7,9-12H2,1H3,(H,24,26,27). The summed E-state index contributed by atoms with van der Waals surface area (Å²) in [6, 6.07) is 9.76. The van der Waals surface area contributed by atoms with Gasteiger partial charge in [-0.3, -0.25) is 9.21 Å². The Hall–Kier alpha value is -2.75. The second kappa shape index (κ2) is 10.2. The normalized spacial score (nSPS) is 14.4. The van der Waals surface area contributed by atoms with E-state index < -0.39 is 0 Å². The number of nitrogens with one attached hydrogen (secondary N) is 1. The number of hydrogen-bond acceptors (Lipinski definition) is 8. The van der Waals surface area contributed by atoms with Gasteiger partial charge >= 0.3 is 0 Å². The van der Waals surface area contributed by atoms with Gasteiger partial charge in [0.25, 0.3) is 0 Å². The van der Waals surface area contributed by atoms with Crippen LogP contribution >= 0.6 is 23.1 Å². The first-order chi connectivity index (χ1) is 15.5. The van der Waals surface area contributed by atoms with Gasteiger partial charge in [-0.1, -0.05) is 17.4 Å². The number of halogens is 1. The molecule has 168 valence electrons. The van der Waals surface area contributed by atoms with Crippen LogP contribution in [0, 0.1) is 12.8 Å². The first-order valence-corrected chi connectivity index (χ1v) is 11.6. The van der Waals surface area contributed by atoms with Gasteiger partial charge in [-0.15, -0.1) is 0 Å². The maximum Gasteiger partial charge on any atom is 0.240 e. The minimum atomic E-state index is -0.137. The van der Waals surface area contributed by atoms with E-state index in [0.717, 1.165) is 50.4 Å². The van der Waals surface area contributed by atoms with E-state index in [1.165, 1.54) is 0 Å². The number of rotatable bonds is 7. The molecule has 1 saturated heterocycles. The summed E-state index contributed by atoms with van der Waals surface area (Å²) in [6.45, 7) is 3.51. The van der Waals surface area contributed by atoms with Crippen molar-refractivity contribution in [1.82, 2.24) is 19.4 Å². The van der Waals surface area contributed by atoms with E-state index in [-0.39, 0.29) is 25.0 Å². The van der Waals surface area contributed by atoms with Gasteiger partial charge in [-0.2, -0.15) is 0 Å². The van der Waals surface area contributed by atoms with Crippen molar-refractivity contribution >= 4 is 45.8 Å². The minimum Gasteiger partial charge on any atom is -0.394 e. The molecule has 0 aliphatic carbocycles. The Morgan fingerprint density at radius 1 is 1.28 bits per heavy atom. The molecule has 1 aliphatic rings. The Balaban J connectivity index is 1.40. The van der Waals surface area contributed by atoms with Gasteiger partial charge in [0, 0.05) is 43.2 Å². The van der Waals surface area contributed by atoms with Crippen molar-refractivity contribution in [2.75, 3.05) is 36.5 Å². The zero-order chi connectivity index (χ0) is 22.5. The van der Waals surface area contributed by atoms with E-state index in [2.05, 4.69) is 20.2 Å². The molecular weight excluding hydrogens is 448 g/mol. The lowest BCUT2D eigenvalue weighted by Gasteiger charge is -2.32. The van der Waals surface area contributed by atoms with Crippen LogP contribution in [0.25, 0.3) is 10.6 Å². The number of aliphatic hydroxyl groups excluding tert-OH is 1. The molecular formula is C22H25ClN6O2S. The lowest BCUT2D eigenvalue weighted by atomic mass is 9.96. The van der Waals surface area contributed by atoms with Crippen molar-refractivity contribution in [1.29, 1.82) is 0 Å². The van der Waals surface area contributed by atoms with Gasteiger partial charge in [-0.05, 0) is 49.6 Å². The molecule has 0 atom stereocenters. The minimum absolute atomic E-state index is 0.114. The molecule has 10 heteroatoms. The van der Waals surface area contributed by atoms with Crippen LogP contribution in [-0.4, -0.2) is 56.6 Å². The van der Waals surface area contributed by atoms with Crippen LogP contribution in [0.2, 0.25) is 0 Å². The molecule has 1 amide bonds. The SMILES string of the molecule is Cc1ccnc(Nc2cccc(-c3cnc(N4CCC(C(=O)N(Cl)CCO)CC4)s3)n2)c1. The third-order valence-electron chi connectivity index (χ3n) is 5.32. The topological polar surface area (TPSA) is 94.5 Å². The first-order valence-electron chi connectivity index (χ1n) is 10.5. The third-order valence-corrected chi connectivity index (χ3v) is 6.73. The smallest absolute Gasteiger partial charge is 0.240 e. The average Bonchev–Trinajstić information content (AvgIpc) is 3.29. The van der Waals surface area contributed by atoms with Crippen molar-refractivity contribution in [3.63, 3.8) is 0 Å². The number of hydrogen-bond donors (Lipinski definition) is 2. The molecule has 4 heterocycles. The van der Waals surface area contributed by atoms with E-state index in [9.17, 15) is 4.79 Å². The number of piperidine rings is 1. The fourth-order valence-electron chi connectivity index (χ4n) is 3.62. The van der Waals surface area contributed by atoms with Crippen molar-refractivity contribution in [2.24, 2.45) is 5.92 Å². The predicted molar refractivity (Wildman–Crippen MR) is 127 cm³/mol. The summed E-state index contributed by atoms with van der Waals surface area (Å²) in [5.41, 5.74) is 1.97. The Labute approximate surface area is 196 Å². The second-order valence-corrected chi connectivity index (χ2v) is 9.08. The zero-order valence-electron chi connectivity index (χ0n) is 17.7. The number of aryl methyl sites for hydroxylation is 1. The molecule has 0 aromatic carbocycles. The highest BCUT2D eigenvalue weighted by molar-refractivity contribution is 7.18. The second-order valence-electron chi connectivity index (χ2n) is 7.67. The molecule has 32 heavy (non-hydrogen) atoms. The summed E-state index contributed by atoms with van der Waals surface area (Å²) < 4.78 is 1.10. The van der Waals surface area contributed by atoms with E-state index in [4.69, 9.17) is 21.9 Å². The molecule has 0 bridgehead atoms. The Kier molecular flexibility index (Phi) is 7.19. The molecule has 1 aliphatic heterocycles. The highest BCUT2D eigenvalue weighted by Gasteiger charge is 2.29. The number of nitrogens with zero attached hydrogens (tertiary/aromatic N) is 5.